The zero-order chi connectivity index (χ0) is 9.26. The van der Waals surface area contributed by atoms with Crippen molar-refractivity contribution in [2.75, 3.05) is 23.8 Å². The number of nitrogens with one attached hydrogen (secondary N) is 2. The van der Waals surface area contributed by atoms with Crippen molar-refractivity contribution in [1.82, 2.24) is 0 Å². The second-order valence-corrected chi connectivity index (χ2v) is 3.45. The van der Waals surface area contributed by atoms with Gasteiger partial charge in [0.05, 0.1) is 24.0 Å². The van der Waals surface area contributed by atoms with Crippen LogP contribution in [0, 0.1) is 6.92 Å². The van der Waals surface area contributed by atoms with E-state index in [0.29, 0.717) is 0 Å². The van der Waals surface area contributed by atoms with Gasteiger partial charge in [0.25, 0.3) is 0 Å². The fourth-order valence-corrected chi connectivity index (χ4v) is 1.55. The van der Waals surface area contributed by atoms with Crippen molar-refractivity contribution in [3.63, 3.8) is 0 Å². The summed E-state index contributed by atoms with van der Waals surface area (Å²) >= 11 is 0. The number of anilines is 2. The van der Waals surface area contributed by atoms with Gasteiger partial charge in [-0.25, -0.2) is 0 Å². The minimum atomic E-state index is 0.134. The summed E-state index contributed by atoms with van der Waals surface area (Å²) in [6, 6.07) is 6.36. The van der Waals surface area contributed by atoms with Crippen molar-refractivity contribution in [2.24, 2.45) is 0 Å². The number of aliphatic hydroxyl groups is 1. The van der Waals surface area contributed by atoms with E-state index in [0.717, 1.165) is 17.9 Å². The van der Waals surface area contributed by atoms with Crippen LogP contribution in [0.4, 0.5) is 11.4 Å². The molecule has 0 aliphatic carbocycles. The van der Waals surface area contributed by atoms with Crippen molar-refractivity contribution in [3.8, 4) is 0 Å². The Bertz CT molecular complexity index is 312. The van der Waals surface area contributed by atoms with Crippen LogP contribution in [-0.2, 0) is 0 Å². The van der Waals surface area contributed by atoms with Crippen LogP contribution in [0.3, 0.4) is 0 Å². The van der Waals surface area contributed by atoms with Gasteiger partial charge in [0.15, 0.2) is 0 Å². The van der Waals surface area contributed by atoms with Crippen LogP contribution in [0.15, 0.2) is 18.2 Å². The van der Waals surface area contributed by atoms with Gasteiger partial charge in [0, 0.05) is 6.54 Å². The summed E-state index contributed by atoms with van der Waals surface area (Å²) in [6.07, 6.45) is 0. The normalized spacial score (nSPS) is 20.0. The first-order chi connectivity index (χ1) is 6.29. The summed E-state index contributed by atoms with van der Waals surface area (Å²) < 4.78 is 0. The first kappa shape index (κ1) is 8.38. The Morgan fingerprint density at radius 3 is 3.08 bits per heavy atom. The van der Waals surface area contributed by atoms with Crippen LogP contribution in [0.1, 0.15) is 5.56 Å². The molecule has 1 aromatic carbocycles. The van der Waals surface area contributed by atoms with Gasteiger partial charge in [-0.2, -0.15) is 0 Å². The highest BCUT2D eigenvalue weighted by molar-refractivity contribution is 5.72. The van der Waals surface area contributed by atoms with E-state index in [4.69, 9.17) is 5.11 Å². The lowest BCUT2D eigenvalue weighted by atomic mass is 10.1. The molecule has 3 nitrogen and oxygen atoms in total. The van der Waals surface area contributed by atoms with Gasteiger partial charge in [0.2, 0.25) is 0 Å². The molecule has 1 aliphatic heterocycles. The molecular weight excluding hydrogens is 164 g/mol. The van der Waals surface area contributed by atoms with E-state index in [1.807, 2.05) is 0 Å². The Morgan fingerprint density at radius 2 is 2.31 bits per heavy atom. The van der Waals surface area contributed by atoms with Crippen LogP contribution in [-0.4, -0.2) is 24.3 Å². The second-order valence-electron chi connectivity index (χ2n) is 3.45. The minimum Gasteiger partial charge on any atom is -0.394 e. The lowest BCUT2D eigenvalue weighted by molar-refractivity contribution is 0.277. The zero-order valence-corrected chi connectivity index (χ0v) is 7.67. The molecule has 3 N–H and O–H groups in total. The predicted octanol–water partition coefficient (Wildman–Crippen LogP) is 1.19. The SMILES string of the molecule is Cc1ccc2c(c1)NC(CO)CN2. The second kappa shape index (κ2) is 3.26. The van der Waals surface area contributed by atoms with Gasteiger partial charge < -0.3 is 15.7 Å². The van der Waals surface area contributed by atoms with Crippen LogP contribution in [0.5, 0.6) is 0 Å². The topological polar surface area (TPSA) is 44.3 Å². The van der Waals surface area contributed by atoms with Crippen LogP contribution < -0.4 is 10.6 Å². The lowest BCUT2D eigenvalue weighted by Crippen LogP contribution is -2.35. The Hall–Kier alpha value is -1.22. The molecule has 1 unspecified atom stereocenters. The summed E-state index contributed by atoms with van der Waals surface area (Å²) in [4.78, 5) is 0. The molecule has 0 saturated carbocycles. The number of aryl methyl sites for hydroxylation is 1. The van der Waals surface area contributed by atoms with Crippen molar-refractivity contribution in [2.45, 2.75) is 13.0 Å². The fourth-order valence-electron chi connectivity index (χ4n) is 1.55. The van der Waals surface area contributed by atoms with Gasteiger partial charge in [-0.3, -0.25) is 0 Å². The fraction of sp³-hybridized carbons (Fsp3) is 0.400. The molecule has 0 saturated heterocycles. The third kappa shape index (κ3) is 1.60. The van der Waals surface area contributed by atoms with E-state index < -0.39 is 0 Å². The Balaban J connectivity index is 2.27. The number of aliphatic hydroxyl groups excluding tert-OH is 1. The molecular formula is C10H14N2O. The van der Waals surface area contributed by atoms with E-state index in [1.165, 1.54) is 5.56 Å². The van der Waals surface area contributed by atoms with Crippen LogP contribution >= 0.6 is 0 Å². The highest BCUT2D eigenvalue weighted by Crippen LogP contribution is 2.26. The highest BCUT2D eigenvalue weighted by Gasteiger charge is 2.15. The molecule has 1 aromatic rings. The molecule has 13 heavy (non-hydrogen) atoms. The van der Waals surface area contributed by atoms with E-state index in [1.54, 1.807) is 0 Å². The maximum absolute atomic E-state index is 8.98. The number of hydrogen-bond acceptors (Lipinski definition) is 3. The quantitative estimate of drug-likeness (QED) is 0.605. The van der Waals surface area contributed by atoms with E-state index >= 15 is 0 Å². The van der Waals surface area contributed by atoms with Crippen LogP contribution in [0.25, 0.3) is 0 Å². The predicted molar refractivity (Wildman–Crippen MR) is 54.2 cm³/mol. The molecule has 0 spiro atoms. The van der Waals surface area contributed by atoms with Gasteiger partial charge in [-0.1, -0.05) is 6.07 Å². The molecule has 3 heteroatoms. The summed E-state index contributed by atoms with van der Waals surface area (Å²) in [5.41, 5.74) is 3.44. The van der Waals surface area contributed by atoms with Gasteiger partial charge in [-0.15, -0.1) is 0 Å². The summed E-state index contributed by atoms with van der Waals surface area (Å²) in [5.74, 6) is 0. The van der Waals surface area contributed by atoms with Gasteiger partial charge in [0.1, 0.15) is 0 Å². The third-order valence-electron chi connectivity index (χ3n) is 2.29. The standard InChI is InChI=1S/C10H14N2O/c1-7-2-3-9-10(4-7)12-8(6-13)5-11-9/h2-4,8,11-13H,5-6H2,1H3. The van der Waals surface area contributed by atoms with E-state index in [2.05, 4.69) is 35.8 Å². The molecule has 1 atom stereocenters. The van der Waals surface area contributed by atoms with Crippen molar-refractivity contribution in [3.05, 3.63) is 23.8 Å². The maximum atomic E-state index is 8.98. The van der Waals surface area contributed by atoms with Gasteiger partial charge >= 0.3 is 0 Å². The Labute approximate surface area is 77.8 Å². The molecule has 0 radical (unpaired) electrons. The number of hydrogen-bond donors (Lipinski definition) is 3. The van der Waals surface area contributed by atoms with Crippen molar-refractivity contribution < 1.29 is 5.11 Å². The molecule has 0 bridgehead atoms. The smallest absolute Gasteiger partial charge is 0.0665 e. The van der Waals surface area contributed by atoms with Crippen molar-refractivity contribution >= 4 is 11.4 Å². The Morgan fingerprint density at radius 1 is 1.46 bits per heavy atom. The van der Waals surface area contributed by atoms with Gasteiger partial charge in [-0.05, 0) is 24.6 Å². The summed E-state index contributed by atoms with van der Waals surface area (Å²) in [6.45, 7) is 3.01. The molecule has 0 fully saturated rings. The lowest BCUT2D eigenvalue weighted by Gasteiger charge is -2.27. The first-order valence-corrected chi connectivity index (χ1v) is 4.51. The monoisotopic (exact) mass is 178 g/mol. The molecule has 0 aromatic heterocycles. The zero-order valence-electron chi connectivity index (χ0n) is 7.67. The highest BCUT2D eigenvalue weighted by atomic mass is 16.3. The largest absolute Gasteiger partial charge is 0.394 e. The number of fused-ring (bicyclic) bond motifs is 1. The average molecular weight is 178 g/mol. The molecule has 1 heterocycles. The van der Waals surface area contributed by atoms with Crippen molar-refractivity contribution in [1.29, 1.82) is 0 Å². The molecule has 0 amide bonds. The summed E-state index contributed by atoms with van der Waals surface area (Å²) in [5, 5.41) is 15.5. The Kier molecular flexibility index (Phi) is 2.10. The molecule has 2 rings (SSSR count). The van der Waals surface area contributed by atoms with E-state index in [9.17, 15) is 0 Å². The summed E-state index contributed by atoms with van der Waals surface area (Å²) in [7, 11) is 0. The maximum Gasteiger partial charge on any atom is 0.0665 e. The van der Waals surface area contributed by atoms with Crippen LogP contribution in [0.2, 0.25) is 0 Å². The minimum absolute atomic E-state index is 0.134. The molecule has 70 valence electrons. The molecule has 1 aliphatic rings. The van der Waals surface area contributed by atoms with E-state index in [-0.39, 0.29) is 12.6 Å². The number of benzene rings is 1. The first-order valence-electron chi connectivity index (χ1n) is 4.51. The average Bonchev–Trinajstić information content (AvgIpc) is 2.16. The number of rotatable bonds is 1. The third-order valence-corrected chi connectivity index (χ3v) is 2.29.